The van der Waals surface area contributed by atoms with E-state index in [1.54, 1.807) is 18.4 Å². The molecule has 1 aliphatic heterocycles. The van der Waals surface area contributed by atoms with Gasteiger partial charge in [0.2, 0.25) is 0 Å². The number of anilines is 2. The number of hydrogen-bond acceptors (Lipinski definition) is 7. The molecule has 0 radical (unpaired) electrons. The first kappa shape index (κ1) is 17.7. The summed E-state index contributed by atoms with van der Waals surface area (Å²) in [6.07, 6.45) is 1.02. The second-order valence-corrected chi connectivity index (χ2v) is 8.94. The van der Waals surface area contributed by atoms with Crippen LogP contribution in [0, 0.1) is 0 Å². The van der Waals surface area contributed by atoms with Crippen molar-refractivity contribution in [3.8, 4) is 5.75 Å². The fourth-order valence-electron chi connectivity index (χ4n) is 3.66. The Labute approximate surface area is 172 Å². The van der Waals surface area contributed by atoms with Crippen LogP contribution in [0.5, 0.6) is 5.75 Å². The Bertz CT molecular complexity index is 1130. The standard InChI is InChI=1S/C21H22N4OS2/c1-3-14-5-4-6-18-19(14)23-21(28-18)25-11-9-24(10-12-25)20-22-16-13-15(26-2)7-8-17(16)27-20/h4-8,13H,3,9-12H2,1-2H3. The quantitative estimate of drug-likeness (QED) is 0.483. The first-order chi connectivity index (χ1) is 13.7. The number of aromatic nitrogens is 2. The molecule has 3 heterocycles. The summed E-state index contributed by atoms with van der Waals surface area (Å²) < 4.78 is 7.81. The second-order valence-electron chi connectivity index (χ2n) is 6.92. The van der Waals surface area contributed by atoms with Crippen LogP contribution in [0.15, 0.2) is 36.4 Å². The number of thiazole rings is 2. The first-order valence-electron chi connectivity index (χ1n) is 9.58. The summed E-state index contributed by atoms with van der Waals surface area (Å²) in [6.45, 7) is 6.07. The van der Waals surface area contributed by atoms with Gasteiger partial charge in [-0.15, -0.1) is 0 Å². The normalized spacial score (nSPS) is 14.9. The van der Waals surface area contributed by atoms with Gasteiger partial charge in [-0.25, -0.2) is 9.97 Å². The summed E-state index contributed by atoms with van der Waals surface area (Å²) in [7, 11) is 1.69. The van der Waals surface area contributed by atoms with Crippen LogP contribution in [0.4, 0.5) is 10.3 Å². The molecule has 7 heteroatoms. The fourth-order valence-corrected chi connectivity index (χ4v) is 5.72. The minimum absolute atomic E-state index is 0.858. The van der Waals surface area contributed by atoms with Crippen molar-refractivity contribution >= 4 is 53.4 Å². The molecule has 0 N–H and O–H groups in total. The number of ether oxygens (including phenoxy) is 1. The van der Waals surface area contributed by atoms with Crippen LogP contribution in [-0.4, -0.2) is 43.3 Å². The van der Waals surface area contributed by atoms with Crippen LogP contribution in [0.1, 0.15) is 12.5 Å². The van der Waals surface area contributed by atoms with Gasteiger partial charge in [0, 0.05) is 32.2 Å². The summed E-state index contributed by atoms with van der Waals surface area (Å²) in [5, 5.41) is 2.24. The predicted octanol–water partition coefficient (Wildman–Crippen LogP) is 4.80. The van der Waals surface area contributed by atoms with E-state index in [0.717, 1.165) is 54.1 Å². The minimum atomic E-state index is 0.858. The Balaban J connectivity index is 1.33. The maximum atomic E-state index is 5.32. The number of aryl methyl sites for hydroxylation is 1. The molecule has 2 aromatic heterocycles. The monoisotopic (exact) mass is 410 g/mol. The number of para-hydroxylation sites is 1. The van der Waals surface area contributed by atoms with Crippen molar-refractivity contribution in [3.05, 3.63) is 42.0 Å². The topological polar surface area (TPSA) is 41.5 Å². The maximum absolute atomic E-state index is 5.32. The molecule has 0 saturated carbocycles. The second kappa shape index (κ2) is 7.22. The molecular weight excluding hydrogens is 388 g/mol. The molecule has 0 bridgehead atoms. The minimum Gasteiger partial charge on any atom is -0.497 e. The summed E-state index contributed by atoms with van der Waals surface area (Å²) >= 11 is 3.56. The lowest BCUT2D eigenvalue weighted by Crippen LogP contribution is -2.46. The van der Waals surface area contributed by atoms with Gasteiger partial charge in [-0.1, -0.05) is 41.7 Å². The molecule has 144 valence electrons. The highest BCUT2D eigenvalue weighted by Gasteiger charge is 2.22. The van der Waals surface area contributed by atoms with E-state index >= 15 is 0 Å². The zero-order chi connectivity index (χ0) is 19.1. The molecule has 0 amide bonds. The molecule has 5 nitrogen and oxygen atoms in total. The molecule has 0 aliphatic carbocycles. The average molecular weight is 411 g/mol. The van der Waals surface area contributed by atoms with Crippen LogP contribution in [0.2, 0.25) is 0 Å². The molecular formula is C21H22N4OS2. The largest absolute Gasteiger partial charge is 0.497 e. The highest BCUT2D eigenvalue weighted by molar-refractivity contribution is 7.22. The van der Waals surface area contributed by atoms with Gasteiger partial charge in [-0.05, 0) is 30.2 Å². The van der Waals surface area contributed by atoms with Crippen LogP contribution in [-0.2, 0) is 6.42 Å². The zero-order valence-corrected chi connectivity index (χ0v) is 17.6. The highest BCUT2D eigenvalue weighted by Crippen LogP contribution is 2.34. The molecule has 2 aromatic carbocycles. The van der Waals surface area contributed by atoms with Crippen molar-refractivity contribution in [2.75, 3.05) is 43.1 Å². The van der Waals surface area contributed by atoms with Gasteiger partial charge in [0.05, 0.1) is 27.5 Å². The third-order valence-electron chi connectivity index (χ3n) is 5.28. The van der Waals surface area contributed by atoms with Crippen molar-refractivity contribution < 1.29 is 4.74 Å². The smallest absolute Gasteiger partial charge is 0.186 e. The van der Waals surface area contributed by atoms with Gasteiger partial charge in [0.15, 0.2) is 10.3 Å². The van der Waals surface area contributed by atoms with E-state index in [0.29, 0.717) is 0 Å². The SMILES string of the molecule is CCc1cccc2sc(N3CCN(c4nc5cc(OC)ccc5s4)CC3)nc12. The molecule has 0 spiro atoms. The van der Waals surface area contributed by atoms with Crippen LogP contribution < -0.4 is 14.5 Å². The number of methoxy groups -OCH3 is 1. The van der Waals surface area contributed by atoms with E-state index in [9.17, 15) is 0 Å². The molecule has 1 aliphatic rings. The van der Waals surface area contributed by atoms with Crippen molar-refractivity contribution in [3.63, 3.8) is 0 Å². The van der Waals surface area contributed by atoms with Crippen LogP contribution >= 0.6 is 22.7 Å². The van der Waals surface area contributed by atoms with Crippen molar-refractivity contribution in [1.82, 2.24) is 9.97 Å². The van der Waals surface area contributed by atoms with E-state index < -0.39 is 0 Å². The highest BCUT2D eigenvalue weighted by atomic mass is 32.1. The molecule has 0 unspecified atom stereocenters. The number of rotatable bonds is 4. The van der Waals surface area contributed by atoms with Gasteiger partial charge in [0.1, 0.15) is 5.75 Å². The Morgan fingerprint density at radius 1 is 0.929 bits per heavy atom. The lowest BCUT2D eigenvalue weighted by molar-refractivity contribution is 0.415. The van der Waals surface area contributed by atoms with Gasteiger partial charge in [-0.2, -0.15) is 0 Å². The summed E-state index contributed by atoms with van der Waals surface area (Å²) in [6, 6.07) is 12.6. The third-order valence-corrected chi connectivity index (χ3v) is 7.45. The summed E-state index contributed by atoms with van der Waals surface area (Å²) in [5.41, 5.74) is 3.52. The van der Waals surface area contributed by atoms with Crippen molar-refractivity contribution in [2.24, 2.45) is 0 Å². The van der Waals surface area contributed by atoms with Crippen LogP contribution in [0.3, 0.4) is 0 Å². The number of piperazine rings is 1. The summed E-state index contributed by atoms with van der Waals surface area (Å²) in [5.74, 6) is 0.858. The number of benzene rings is 2. The zero-order valence-electron chi connectivity index (χ0n) is 16.0. The Kier molecular flexibility index (Phi) is 4.56. The van der Waals surface area contributed by atoms with Crippen molar-refractivity contribution in [2.45, 2.75) is 13.3 Å². The predicted molar refractivity (Wildman–Crippen MR) is 120 cm³/mol. The number of nitrogens with zero attached hydrogens (tertiary/aromatic N) is 4. The fraction of sp³-hybridized carbons (Fsp3) is 0.333. The third kappa shape index (κ3) is 3.08. The Morgan fingerprint density at radius 2 is 1.64 bits per heavy atom. The number of fused-ring (bicyclic) bond motifs is 2. The lowest BCUT2D eigenvalue weighted by atomic mass is 10.1. The average Bonchev–Trinajstić information content (AvgIpc) is 3.37. The molecule has 4 aromatic rings. The van der Waals surface area contributed by atoms with Gasteiger partial charge < -0.3 is 14.5 Å². The van der Waals surface area contributed by atoms with E-state index in [-0.39, 0.29) is 0 Å². The van der Waals surface area contributed by atoms with Crippen LogP contribution in [0.25, 0.3) is 20.4 Å². The molecule has 0 atom stereocenters. The van der Waals surface area contributed by atoms with Gasteiger partial charge in [-0.3, -0.25) is 0 Å². The van der Waals surface area contributed by atoms with Gasteiger partial charge in [0.25, 0.3) is 0 Å². The summed E-state index contributed by atoms with van der Waals surface area (Å²) in [4.78, 5) is 14.6. The van der Waals surface area contributed by atoms with Gasteiger partial charge >= 0.3 is 0 Å². The van der Waals surface area contributed by atoms with Crippen molar-refractivity contribution in [1.29, 1.82) is 0 Å². The molecule has 1 saturated heterocycles. The molecule has 1 fully saturated rings. The van der Waals surface area contributed by atoms with E-state index in [4.69, 9.17) is 14.7 Å². The van der Waals surface area contributed by atoms with E-state index in [1.165, 1.54) is 20.5 Å². The molecule has 28 heavy (non-hydrogen) atoms. The van der Waals surface area contributed by atoms with E-state index in [2.05, 4.69) is 41.0 Å². The first-order valence-corrected chi connectivity index (χ1v) is 11.2. The Hall–Kier alpha value is -2.38. The maximum Gasteiger partial charge on any atom is 0.186 e. The molecule has 5 rings (SSSR count). The van der Waals surface area contributed by atoms with E-state index in [1.807, 2.05) is 23.5 Å². The number of hydrogen-bond donors (Lipinski definition) is 0. The lowest BCUT2D eigenvalue weighted by Gasteiger charge is -2.34. The Morgan fingerprint density at radius 3 is 2.36 bits per heavy atom.